The molecule has 0 bridgehead atoms. The minimum atomic E-state index is -1.27. The largest absolute Gasteiger partial charge is 0.491 e. The van der Waals surface area contributed by atoms with Crippen molar-refractivity contribution >= 4 is 0 Å². The van der Waals surface area contributed by atoms with E-state index in [4.69, 9.17) is 4.74 Å². The van der Waals surface area contributed by atoms with Crippen LogP contribution in [-0.4, -0.2) is 16.6 Å². The number of aryl methyl sites for hydroxylation is 1. The Labute approximate surface area is 202 Å². The number of rotatable bonds is 8. The maximum atomic E-state index is 15.1. The predicted molar refractivity (Wildman–Crippen MR) is 127 cm³/mol. The van der Waals surface area contributed by atoms with Gasteiger partial charge in [-0.1, -0.05) is 18.2 Å². The van der Waals surface area contributed by atoms with Crippen molar-refractivity contribution in [1.29, 1.82) is 0 Å². The Balaban J connectivity index is 1.48. The van der Waals surface area contributed by atoms with Crippen molar-refractivity contribution in [2.45, 2.75) is 57.3 Å². The zero-order chi connectivity index (χ0) is 24.9. The van der Waals surface area contributed by atoms with Crippen molar-refractivity contribution in [1.82, 2.24) is 9.97 Å². The number of hydrogen-bond acceptors (Lipinski definition) is 3. The van der Waals surface area contributed by atoms with E-state index in [-0.39, 0.29) is 40.9 Å². The molecule has 0 radical (unpaired) electrons. The van der Waals surface area contributed by atoms with Crippen LogP contribution in [0.2, 0.25) is 0 Å². The van der Waals surface area contributed by atoms with E-state index < -0.39 is 23.3 Å². The topological polar surface area (TPSA) is 35.0 Å². The molecule has 3 nitrogen and oxygen atoms in total. The van der Waals surface area contributed by atoms with Crippen LogP contribution >= 0.6 is 0 Å². The average Bonchev–Trinajstić information content (AvgIpc) is 2.88. The fraction of sp³-hybridized carbons (Fsp3) is 0.357. The van der Waals surface area contributed by atoms with Gasteiger partial charge in [0.25, 0.3) is 0 Å². The molecule has 0 amide bonds. The Bertz CT molecular complexity index is 1190. The second kappa shape index (κ2) is 11.0. The molecule has 1 fully saturated rings. The summed E-state index contributed by atoms with van der Waals surface area (Å²) < 4.78 is 63.9. The first-order chi connectivity index (χ1) is 16.9. The summed E-state index contributed by atoms with van der Waals surface area (Å²) in [6.45, 7) is 5.52. The van der Waals surface area contributed by atoms with Gasteiger partial charge in [-0.3, -0.25) is 0 Å². The van der Waals surface area contributed by atoms with Gasteiger partial charge in [0, 0.05) is 29.4 Å². The number of halogens is 4. The predicted octanol–water partition coefficient (Wildman–Crippen LogP) is 7.66. The van der Waals surface area contributed by atoms with Crippen LogP contribution in [0, 0.1) is 23.3 Å². The molecule has 1 saturated carbocycles. The molecule has 1 aromatic heterocycles. The summed E-state index contributed by atoms with van der Waals surface area (Å²) in [7, 11) is 0. The summed E-state index contributed by atoms with van der Waals surface area (Å²) in [4.78, 5) is 9.02. The number of nitrogens with zero attached hydrogens (tertiary/aromatic N) is 2. The third-order valence-electron chi connectivity index (χ3n) is 6.64. The molecular weight excluding hydrogens is 456 g/mol. The van der Waals surface area contributed by atoms with Gasteiger partial charge in [-0.2, -0.15) is 4.39 Å². The van der Waals surface area contributed by atoms with Crippen molar-refractivity contribution in [3.63, 3.8) is 0 Å². The molecule has 0 N–H and O–H groups in total. The normalized spacial score (nSPS) is 17.9. The molecular formula is C28H28F4N2O. The van der Waals surface area contributed by atoms with E-state index >= 15 is 8.78 Å². The lowest BCUT2D eigenvalue weighted by Gasteiger charge is -2.28. The Hall–Kier alpha value is -3.22. The van der Waals surface area contributed by atoms with Gasteiger partial charge >= 0.3 is 0 Å². The number of allylic oxidation sites excluding steroid dienone is 1. The van der Waals surface area contributed by atoms with Crippen LogP contribution in [0.3, 0.4) is 0 Å². The first-order valence-corrected chi connectivity index (χ1v) is 11.9. The average molecular weight is 485 g/mol. The number of aromatic nitrogens is 2. The smallest absolute Gasteiger partial charge is 0.201 e. The molecule has 0 atom stereocenters. The van der Waals surface area contributed by atoms with Gasteiger partial charge in [0.1, 0.15) is 5.82 Å². The molecule has 1 heterocycles. The summed E-state index contributed by atoms with van der Waals surface area (Å²) in [5, 5.41) is 0. The Morgan fingerprint density at radius 1 is 0.857 bits per heavy atom. The van der Waals surface area contributed by atoms with Crippen LogP contribution in [0.5, 0.6) is 5.75 Å². The minimum Gasteiger partial charge on any atom is -0.491 e. The van der Waals surface area contributed by atoms with E-state index in [0.717, 1.165) is 37.1 Å². The Morgan fingerprint density at radius 2 is 1.46 bits per heavy atom. The van der Waals surface area contributed by atoms with Gasteiger partial charge in [-0.05, 0) is 74.6 Å². The summed E-state index contributed by atoms with van der Waals surface area (Å²) in [5.41, 5.74) is 0.664. The van der Waals surface area contributed by atoms with Gasteiger partial charge in [-0.15, -0.1) is 6.58 Å². The highest BCUT2D eigenvalue weighted by molar-refractivity contribution is 5.66. The van der Waals surface area contributed by atoms with E-state index in [1.807, 2.05) is 18.5 Å². The van der Waals surface area contributed by atoms with Gasteiger partial charge in [0.15, 0.2) is 23.2 Å². The highest BCUT2D eigenvalue weighted by Crippen LogP contribution is 2.42. The molecule has 0 aliphatic heterocycles. The molecule has 0 spiro atoms. The van der Waals surface area contributed by atoms with Crippen LogP contribution in [0.4, 0.5) is 17.6 Å². The highest BCUT2D eigenvalue weighted by atomic mass is 19.2. The molecule has 1 aliphatic rings. The number of benzene rings is 2. The van der Waals surface area contributed by atoms with Gasteiger partial charge in [-0.25, -0.2) is 23.1 Å². The van der Waals surface area contributed by atoms with Crippen molar-refractivity contribution in [3.8, 4) is 16.9 Å². The van der Waals surface area contributed by atoms with Gasteiger partial charge in [0.2, 0.25) is 5.82 Å². The third kappa shape index (κ3) is 5.24. The molecule has 0 unspecified atom stereocenters. The quantitative estimate of drug-likeness (QED) is 0.243. The van der Waals surface area contributed by atoms with Crippen molar-refractivity contribution < 1.29 is 22.3 Å². The van der Waals surface area contributed by atoms with E-state index in [1.54, 1.807) is 6.92 Å². The molecule has 3 aromatic rings. The molecule has 1 aliphatic carbocycles. The monoisotopic (exact) mass is 484 g/mol. The maximum absolute atomic E-state index is 15.1. The van der Waals surface area contributed by atoms with E-state index in [0.29, 0.717) is 12.8 Å². The van der Waals surface area contributed by atoms with E-state index in [9.17, 15) is 8.78 Å². The third-order valence-corrected chi connectivity index (χ3v) is 6.64. The van der Waals surface area contributed by atoms with Gasteiger partial charge in [0.05, 0.1) is 6.61 Å². The van der Waals surface area contributed by atoms with E-state index in [1.165, 1.54) is 24.3 Å². The van der Waals surface area contributed by atoms with Crippen molar-refractivity contribution in [2.75, 3.05) is 6.61 Å². The molecule has 184 valence electrons. The van der Waals surface area contributed by atoms with E-state index in [2.05, 4.69) is 16.5 Å². The fourth-order valence-corrected chi connectivity index (χ4v) is 4.73. The maximum Gasteiger partial charge on any atom is 0.201 e. The summed E-state index contributed by atoms with van der Waals surface area (Å²) in [6.07, 6.45) is 10.1. The van der Waals surface area contributed by atoms with Crippen LogP contribution in [0.1, 0.15) is 67.8 Å². The zero-order valence-electron chi connectivity index (χ0n) is 19.7. The SMILES string of the molecule is C=CCCc1cnc(C2CCC(c3ccc(-c4ccc(OCC)c(F)c4F)c(F)c3F)CC2)nc1. The summed E-state index contributed by atoms with van der Waals surface area (Å²) >= 11 is 0. The van der Waals surface area contributed by atoms with Crippen LogP contribution in [-0.2, 0) is 6.42 Å². The lowest BCUT2D eigenvalue weighted by molar-refractivity contribution is 0.314. The number of ether oxygens (including phenoxy) is 1. The van der Waals surface area contributed by atoms with Crippen molar-refractivity contribution in [2.24, 2.45) is 0 Å². The Morgan fingerprint density at radius 3 is 2.09 bits per heavy atom. The first kappa shape index (κ1) is 24.9. The van der Waals surface area contributed by atoms with Crippen molar-refractivity contribution in [3.05, 3.63) is 89.5 Å². The van der Waals surface area contributed by atoms with Gasteiger partial charge < -0.3 is 4.74 Å². The van der Waals surface area contributed by atoms with Crippen LogP contribution in [0.25, 0.3) is 11.1 Å². The fourth-order valence-electron chi connectivity index (χ4n) is 4.73. The summed E-state index contributed by atoms with van der Waals surface area (Å²) in [6, 6.07) is 5.23. The molecule has 2 aromatic carbocycles. The Kier molecular flexibility index (Phi) is 7.83. The molecule has 35 heavy (non-hydrogen) atoms. The second-order valence-corrected chi connectivity index (χ2v) is 8.83. The molecule has 4 rings (SSSR count). The second-order valence-electron chi connectivity index (χ2n) is 8.83. The lowest BCUT2D eigenvalue weighted by Crippen LogP contribution is -2.16. The highest BCUT2D eigenvalue weighted by Gasteiger charge is 2.29. The molecule has 0 saturated heterocycles. The first-order valence-electron chi connectivity index (χ1n) is 11.9. The molecule has 7 heteroatoms. The minimum absolute atomic E-state index is 0.156. The summed E-state index contributed by atoms with van der Waals surface area (Å²) in [5.74, 6) is -4.15. The van der Waals surface area contributed by atoms with Crippen LogP contribution in [0.15, 0.2) is 49.3 Å². The number of hydrogen-bond donors (Lipinski definition) is 0. The standard InChI is InChI=1S/C28H28F4N2O/c1-3-5-6-17-15-33-28(34-16-17)19-9-7-18(8-10-19)20-11-12-21(25(30)24(20)29)22-13-14-23(35-4-2)27(32)26(22)31/h3,11-16,18-19H,1,4-10H2,2H3. The van der Waals surface area contributed by atoms with Crippen LogP contribution < -0.4 is 4.74 Å². The zero-order valence-corrected chi connectivity index (χ0v) is 19.7. The lowest BCUT2D eigenvalue weighted by atomic mass is 9.78.